The van der Waals surface area contributed by atoms with Crippen LogP contribution in [0.5, 0.6) is 0 Å². The summed E-state index contributed by atoms with van der Waals surface area (Å²) in [5.41, 5.74) is 8.36. The van der Waals surface area contributed by atoms with Crippen LogP contribution < -0.4 is 3.58 Å². The number of benzene rings is 3. The second kappa shape index (κ2) is 4.24. The average Bonchev–Trinajstić information content (AvgIpc) is 2.44. The summed E-state index contributed by atoms with van der Waals surface area (Å²) in [4.78, 5) is 0. The van der Waals surface area contributed by atoms with Gasteiger partial charge >= 0.3 is 126 Å². The molecule has 0 nitrogen and oxygen atoms in total. The van der Waals surface area contributed by atoms with E-state index in [1.807, 2.05) is 0 Å². The second-order valence-electron chi connectivity index (χ2n) is 4.82. The van der Waals surface area contributed by atoms with Gasteiger partial charge < -0.3 is 0 Å². The molecule has 4 rings (SSSR count). The van der Waals surface area contributed by atoms with Crippen molar-refractivity contribution in [1.29, 1.82) is 0 Å². The van der Waals surface area contributed by atoms with E-state index in [9.17, 15) is 0 Å². The molecular formula is C18H11Sn. The van der Waals surface area contributed by atoms with Crippen molar-refractivity contribution >= 4 is 26.1 Å². The van der Waals surface area contributed by atoms with Crippen LogP contribution in [0, 0.1) is 0 Å². The number of hydrogen-bond donors (Lipinski definition) is 0. The molecular weight excluding hydrogens is 335 g/mol. The van der Waals surface area contributed by atoms with Crippen LogP contribution in [0.3, 0.4) is 0 Å². The fourth-order valence-electron chi connectivity index (χ4n) is 2.88. The van der Waals surface area contributed by atoms with Crippen molar-refractivity contribution in [3.8, 4) is 33.4 Å². The Balaban J connectivity index is 1.99. The minimum absolute atomic E-state index is 1.38. The first-order valence-corrected chi connectivity index (χ1v) is 7.83. The molecule has 0 saturated heterocycles. The summed E-state index contributed by atoms with van der Waals surface area (Å²) < 4.78 is 1.42. The second-order valence-corrected chi connectivity index (χ2v) is 6.36. The first-order valence-electron chi connectivity index (χ1n) is 6.40. The van der Waals surface area contributed by atoms with Crippen LogP contribution in [0.25, 0.3) is 33.4 Å². The molecule has 0 aliphatic heterocycles. The Labute approximate surface area is 126 Å². The van der Waals surface area contributed by atoms with E-state index in [1.165, 1.54) is 59.5 Å². The molecule has 19 heavy (non-hydrogen) atoms. The van der Waals surface area contributed by atoms with Gasteiger partial charge in [-0.25, -0.2) is 0 Å². The molecule has 0 unspecified atom stereocenters. The van der Waals surface area contributed by atoms with Gasteiger partial charge in [0.15, 0.2) is 0 Å². The molecule has 1 aliphatic carbocycles. The molecule has 0 spiro atoms. The van der Waals surface area contributed by atoms with E-state index in [4.69, 9.17) is 0 Å². The topological polar surface area (TPSA) is 0 Å². The van der Waals surface area contributed by atoms with Gasteiger partial charge in [-0.2, -0.15) is 0 Å². The fraction of sp³-hybridized carbons (Fsp3) is 0. The molecule has 3 aromatic rings. The standard InChI is InChI=1S/C18H11.Sn/c1-2-7-13(8-3-1)14-11-6-12-17-15-9-4-5-10-16(15)18(14)17;/h1-7,9-12H;. The molecule has 0 bridgehead atoms. The van der Waals surface area contributed by atoms with Gasteiger partial charge in [-0.15, -0.1) is 0 Å². The predicted molar refractivity (Wildman–Crippen MR) is 81.7 cm³/mol. The van der Waals surface area contributed by atoms with E-state index in [2.05, 4.69) is 66.7 Å². The van der Waals surface area contributed by atoms with Crippen LogP contribution in [0.2, 0.25) is 0 Å². The molecule has 0 heterocycles. The van der Waals surface area contributed by atoms with Crippen molar-refractivity contribution in [3.05, 3.63) is 66.7 Å². The summed E-state index contributed by atoms with van der Waals surface area (Å²) >= 11 is 1.47. The third-order valence-corrected chi connectivity index (χ3v) is 5.01. The fourth-order valence-corrected chi connectivity index (χ4v) is 3.78. The first kappa shape index (κ1) is 11.3. The maximum atomic E-state index is 2.25. The van der Waals surface area contributed by atoms with Gasteiger partial charge in [-0.3, -0.25) is 0 Å². The zero-order valence-electron chi connectivity index (χ0n) is 10.4. The van der Waals surface area contributed by atoms with Crippen LogP contribution in [0.1, 0.15) is 0 Å². The zero-order chi connectivity index (χ0) is 12.8. The molecule has 0 amide bonds. The Morgan fingerprint density at radius 1 is 0.474 bits per heavy atom. The van der Waals surface area contributed by atoms with Crippen molar-refractivity contribution in [2.75, 3.05) is 0 Å². The zero-order valence-corrected chi connectivity index (χ0v) is 13.2. The number of hydrogen-bond acceptors (Lipinski definition) is 0. The summed E-state index contributed by atoms with van der Waals surface area (Å²) in [6, 6.07) is 24.0. The Kier molecular flexibility index (Phi) is 2.52. The summed E-state index contributed by atoms with van der Waals surface area (Å²) in [6.07, 6.45) is 0. The van der Waals surface area contributed by atoms with Gasteiger partial charge in [-0.1, -0.05) is 0 Å². The molecule has 0 fully saturated rings. The molecule has 3 radical (unpaired) electrons. The number of rotatable bonds is 1. The van der Waals surface area contributed by atoms with Crippen LogP contribution in [-0.2, 0) is 0 Å². The third kappa shape index (κ3) is 1.59. The SMILES string of the molecule is [Sn][c]1ccccc1-c1cccc2c1-c1ccccc1-2. The van der Waals surface area contributed by atoms with E-state index in [1.54, 1.807) is 0 Å². The molecule has 3 aromatic carbocycles. The van der Waals surface area contributed by atoms with Gasteiger partial charge in [0.1, 0.15) is 0 Å². The molecule has 0 aromatic heterocycles. The summed E-state index contributed by atoms with van der Waals surface area (Å²) in [6.45, 7) is 0. The van der Waals surface area contributed by atoms with Gasteiger partial charge in [0.2, 0.25) is 0 Å². The third-order valence-electron chi connectivity index (χ3n) is 3.77. The molecule has 1 aliphatic rings. The van der Waals surface area contributed by atoms with Crippen LogP contribution in [0.4, 0.5) is 0 Å². The van der Waals surface area contributed by atoms with Crippen molar-refractivity contribution in [3.63, 3.8) is 0 Å². The van der Waals surface area contributed by atoms with Crippen LogP contribution in [-0.4, -0.2) is 22.5 Å². The van der Waals surface area contributed by atoms with E-state index in [0.29, 0.717) is 0 Å². The van der Waals surface area contributed by atoms with E-state index >= 15 is 0 Å². The molecule has 0 saturated carbocycles. The van der Waals surface area contributed by atoms with Crippen molar-refractivity contribution in [2.45, 2.75) is 0 Å². The molecule has 0 N–H and O–H groups in total. The van der Waals surface area contributed by atoms with Gasteiger partial charge in [0, 0.05) is 0 Å². The van der Waals surface area contributed by atoms with Gasteiger partial charge in [-0.05, 0) is 0 Å². The van der Waals surface area contributed by atoms with Crippen molar-refractivity contribution < 1.29 is 0 Å². The van der Waals surface area contributed by atoms with E-state index in [-0.39, 0.29) is 0 Å². The van der Waals surface area contributed by atoms with E-state index < -0.39 is 0 Å². The monoisotopic (exact) mass is 347 g/mol. The molecule has 0 atom stereocenters. The van der Waals surface area contributed by atoms with Gasteiger partial charge in [0.05, 0.1) is 0 Å². The molecule has 87 valence electrons. The Hall–Kier alpha value is -1.54. The average molecular weight is 346 g/mol. The van der Waals surface area contributed by atoms with Gasteiger partial charge in [0.25, 0.3) is 0 Å². The van der Waals surface area contributed by atoms with Crippen molar-refractivity contribution in [1.82, 2.24) is 0 Å². The Bertz CT molecular complexity index is 787. The Morgan fingerprint density at radius 2 is 1.00 bits per heavy atom. The van der Waals surface area contributed by atoms with Crippen LogP contribution >= 0.6 is 0 Å². The van der Waals surface area contributed by atoms with Crippen molar-refractivity contribution in [2.24, 2.45) is 0 Å². The first-order chi connectivity index (χ1) is 9.36. The number of fused-ring (bicyclic) bond motifs is 4. The molecule has 1 heteroatoms. The predicted octanol–water partition coefficient (Wildman–Crippen LogP) is 3.79. The summed E-state index contributed by atoms with van der Waals surface area (Å²) in [5.74, 6) is 0. The van der Waals surface area contributed by atoms with Crippen LogP contribution in [0.15, 0.2) is 66.7 Å². The summed E-state index contributed by atoms with van der Waals surface area (Å²) in [5, 5.41) is 0. The normalized spacial score (nSPS) is 11.4. The minimum atomic E-state index is 1.38. The van der Waals surface area contributed by atoms with E-state index in [0.717, 1.165) is 0 Å². The quantitative estimate of drug-likeness (QED) is 0.460. The Morgan fingerprint density at radius 3 is 1.74 bits per heavy atom. The summed E-state index contributed by atoms with van der Waals surface area (Å²) in [7, 11) is 0. The maximum absolute atomic E-state index is 2.25.